The zero-order chi connectivity index (χ0) is 7.40. The highest BCUT2D eigenvalue weighted by Crippen LogP contribution is 2.09. The van der Waals surface area contributed by atoms with Crippen LogP contribution in [0.2, 0.25) is 0 Å². The zero-order valence-corrected chi connectivity index (χ0v) is 6.55. The van der Waals surface area contributed by atoms with Gasteiger partial charge in [0, 0.05) is 19.7 Å². The quantitative estimate of drug-likeness (QED) is 0.569. The van der Waals surface area contributed by atoms with Gasteiger partial charge in [0.15, 0.2) is 0 Å². The fourth-order valence-corrected chi connectivity index (χ4v) is 1.34. The molecule has 0 aromatic carbocycles. The smallest absolute Gasteiger partial charge is 0.0716 e. The third-order valence-corrected chi connectivity index (χ3v) is 1.81. The molecule has 0 saturated carbocycles. The van der Waals surface area contributed by atoms with Crippen molar-refractivity contribution in [2.24, 2.45) is 5.84 Å². The maximum atomic E-state index is 5.61. The second kappa shape index (κ2) is 3.91. The van der Waals surface area contributed by atoms with E-state index in [0.717, 1.165) is 19.7 Å². The summed E-state index contributed by atoms with van der Waals surface area (Å²) in [5.74, 6) is 5.61. The monoisotopic (exact) mass is 144 g/mol. The van der Waals surface area contributed by atoms with Crippen LogP contribution in [0.5, 0.6) is 0 Å². The van der Waals surface area contributed by atoms with Crippen LogP contribution in [0, 0.1) is 0 Å². The van der Waals surface area contributed by atoms with Gasteiger partial charge in [-0.25, -0.2) is 5.01 Å². The van der Waals surface area contributed by atoms with E-state index in [1.807, 2.05) is 11.9 Å². The summed E-state index contributed by atoms with van der Waals surface area (Å²) < 4.78 is 5.43. The summed E-state index contributed by atoms with van der Waals surface area (Å²) in [4.78, 5) is 0. The molecule has 1 atom stereocenters. The molecule has 3 nitrogen and oxygen atoms in total. The van der Waals surface area contributed by atoms with Crippen molar-refractivity contribution in [3.63, 3.8) is 0 Å². The summed E-state index contributed by atoms with van der Waals surface area (Å²) in [6, 6.07) is 0. The van der Waals surface area contributed by atoms with Gasteiger partial charge in [0.2, 0.25) is 0 Å². The van der Waals surface area contributed by atoms with E-state index in [2.05, 4.69) is 0 Å². The Labute approximate surface area is 62.1 Å². The number of nitrogens with two attached hydrogens (primary N) is 1. The summed E-state index contributed by atoms with van der Waals surface area (Å²) in [6.45, 7) is 4.74. The maximum absolute atomic E-state index is 5.61. The largest absolute Gasteiger partial charge is 0.377 e. The van der Waals surface area contributed by atoms with E-state index in [0.29, 0.717) is 6.10 Å². The third-order valence-electron chi connectivity index (χ3n) is 1.81. The normalized spacial score (nSPS) is 28.8. The molecule has 0 bridgehead atoms. The number of ether oxygens (including phenoxy) is 1. The minimum absolute atomic E-state index is 0.378. The van der Waals surface area contributed by atoms with Crippen LogP contribution >= 0.6 is 0 Å². The minimum atomic E-state index is 0.378. The summed E-state index contributed by atoms with van der Waals surface area (Å²) in [5.41, 5.74) is 0. The molecule has 1 saturated heterocycles. The molecule has 10 heavy (non-hydrogen) atoms. The minimum Gasteiger partial charge on any atom is -0.377 e. The molecule has 0 spiro atoms. The predicted octanol–water partition coefficient (Wildman–Crippen LogP) is 0.361. The summed E-state index contributed by atoms with van der Waals surface area (Å²) in [7, 11) is 0. The van der Waals surface area contributed by atoms with Crippen LogP contribution in [-0.4, -0.2) is 30.8 Å². The SMILES string of the molecule is CCOC1CCCN(N)C1. The second-order valence-electron chi connectivity index (χ2n) is 2.71. The Bertz CT molecular complexity index is 95.6. The number of piperidine rings is 1. The standard InChI is InChI=1S/C7H16N2O/c1-2-10-7-4-3-5-9(8)6-7/h7H,2-6,8H2,1H3. The van der Waals surface area contributed by atoms with Crippen molar-refractivity contribution in [2.75, 3.05) is 19.7 Å². The van der Waals surface area contributed by atoms with Gasteiger partial charge in [0.1, 0.15) is 0 Å². The Morgan fingerprint density at radius 2 is 2.50 bits per heavy atom. The van der Waals surface area contributed by atoms with Crippen molar-refractivity contribution in [2.45, 2.75) is 25.9 Å². The van der Waals surface area contributed by atoms with Crippen LogP contribution in [0.3, 0.4) is 0 Å². The Morgan fingerprint density at radius 1 is 1.70 bits per heavy atom. The molecule has 1 heterocycles. The molecule has 3 heteroatoms. The molecule has 0 aromatic rings. The summed E-state index contributed by atoms with van der Waals surface area (Å²) in [6.07, 6.45) is 2.71. The van der Waals surface area contributed by atoms with E-state index in [4.69, 9.17) is 10.6 Å². The van der Waals surface area contributed by atoms with Gasteiger partial charge in [-0.3, -0.25) is 5.84 Å². The van der Waals surface area contributed by atoms with Gasteiger partial charge in [0.05, 0.1) is 6.10 Å². The molecule has 60 valence electrons. The lowest BCUT2D eigenvalue weighted by Gasteiger charge is -2.28. The van der Waals surface area contributed by atoms with Crippen molar-refractivity contribution < 1.29 is 4.74 Å². The number of hydrazine groups is 1. The Morgan fingerprint density at radius 3 is 3.10 bits per heavy atom. The lowest BCUT2D eigenvalue weighted by molar-refractivity contribution is 0.00580. The van der Waals surface area contributed by atoms with Crippen LogP contribution in [0.25, 0.3) is 0 Å². The van der Waals surface area contributed by atoms with Crippen LogP contribution in [-0.2, 0) is 4.74 Å². The van der Waals surface area contributed by atoms with Crippen molar-refractivity contribution >= 4 is 0 Å². The van der Waals surface area contributed by atoms with Gasteiger partial charge in [0.25, 0.3) is 0 Å². The van der Waals surface area contributed by atoms with Gasteiger partial charge in [-0.2, -0.15) is 0 Å². The van der Waals surface area contributed by atoms with Gasteiger partial charge < -0.3 is 4.74 Å². The van der Waals surface area contributed by atoms with E-state index in [1.54, 1.807) is 0 Å². The molecular weight excluding hydrogens is 128 g/mol. The fraction of sp³-hybridized carbons (Fsp3) is 1.00. The molecule has 1 rings (SSSR count). The lowest BCUT2D eigenvalue weighted by Crippen LogP contribution is -2.43. The second-order valence-corrected chi connectivity index (χ2v) is 2.71. The Hall–Kier alpha value is -0.120. The first kappa shape index (κ1) is 7.98. The molecule has 1 aliphatic heterocycles. The average Bonchev–Trinajstić information content (AvgIpc) is 1.88. The molecule has 1 unspecified atom stereocenters. The molecular formula is C7H16N2O. The number of rotatable bonds is 2. The van der Waals surface area contributed by atoms with Crippen LogP contribution in [0.15, 0.2) is 0 Å². The number of hydrogen-bond acceptors (Lipinski definition) is 3. The first-order valence-corrected chi connectivity index (χ1v) is 3.94. The van der Waals surface area contributed by atoms with Crippen LogP contribution < -0.4 is 5.84 Å². The van der Waals surface area contributed by atoms with E-state index in [-0.39, 0.29) is 0 Å². The highest BCUT2D eigenvalue weighted by atomic mass is 16.5. The number of hydrogen-bond donors (Lipinski definition) is 1. The van der Waals surface area contributed by atoms with Crippen molar-refractivity contribution in [1.29, 1.82) is 0 Å². The van der Waals surface area contributed by atoms with Crippen molar-refractivity contribution in [3.8, 4) is 0 Å². The van der Waals surface area contributed by atoms with E-state index < -0.39 is 0 Å². The first-order chi connectivity index (χ1) is 4.83. The van der Waals surface area contributed by atoms with E-state index >= 15 is 0 Å². The number of nitrogens with zero attached hydrogens (tertiary/aromatic N) is 1. The van der Waals surface area contributed by atoms with Crippen LogP contribution in [0.1, 0.15) is 19.8 Å². The van der Waals surface area contributed by atoms with E-state index in [9.17, 15) is 0 Å². The third kappa shape index (κ3) is 2.25. The zero-order valence-electron chi connectivity index (χ0n) is 6.55. The summed E-state index contributed by atoms with van der Waals surface area (Å²) >= 11 is 0. The van der Waals surface area contributed by atoms with Gasteiger partial charge in [-0.1, -0.05) is 0 Å². The van der Waals surface area contributed by atoms with Gasteiger partial charge in [-0.15, -0.1) is 0 Å². The van der Waals surface area contributed by atoms with Gasteiger partial charge >= 0.3 is 0 Å². The fourth-order valence-electron chi connectivity index (χ4n) is 1.34. The first-order valence-electron chi connectivity index (χ1n) is 3.94. The predicted molar refractivity (Wildman–Crippen MR) is 40.4 cm³/mol. The van der Waals surface area contributed by atoms with Gasteiger partial charge in [-0.05, 0) is 19.8 Å². The average molecular weight is 144 g/mol. The molecule has 2 N–H and O–H groups in total. The molecule has 1 aliphatic rings. The lowest BCUT2D eigenvalue weighted by atomic mass is 10.1. The maximum Gasteiger partial charge on any atom is 0.0716 e. The molecule has 0 aromatic heterocycles. The summed E-state index contributed by atoms with van der Waals surface area (Å²) in [5, 5.41) is 1.84. The highest BCUT2D eigenvalue weighted by molar-refractivity contribution is 4.68. The van der Waals surface area contributed by atoms with E-state index in [1.165, 1.54) is 12.8 Å². The Kier molecular flexibility index (Phi) is 3.12. The topological polar surface area (TPSA) is 38.5 Å². The molecule has 0 amide bonds. The molecule has 0 aliphatic carbocycles. The van der Waals surface area contributed by atoms with Crippen LogP contribution in [0.4, 0.5) is 0 Å². The molecule has 1 fully saturated rings. The highest BCUT2D eigenvalue weighted by Gasteiger charge is 2.16. The van der Waals surface area contributed by atoms with Crippen molar-refractivity contribution in [1.82, 2.24) is 5.01 Å². The Balaban J connectivity index is 2.18. The molecule has 0 radical (unpaired) electrons. The van der Waals surface area contributed by atoms with Crippen molar-refractivity contribution in [3.05, 3.63) is 0 Å².